The predicted molar refractivity (Wildman–Crippen MR) is 112 cm³/mol. The van der Waals surface area contributed by atoms with Crippen molar-refractivity contribution < 1.29 is 13.9 Å². The van der Waals surface area contributed by atoms with Crippen LogP contribution in [0, 0.1) is 5.82 Å². The van der Waals surface area contributed by atoms with Crippen LogP contribution in [0.15, 0.2) is 46.1 Å². The molecule has 11 heteroatoms. The summed E-state index contributed by atoms with van der Waals surface area (Å²) in [5.41, 5.74) is 11.6. The molecule has 1 amide bonds. The lowest BCUT2D eigenvalue weighted by atomic mass is 10.0. The molecule has 30 heavy (non-hydrogen) atoms. The van der Waals surface area contributed by atoms with Crippen molar-refractivity contribution in [1.29, 1.82) is 0 Å². The molecule has 10 nitrogen and oxygen atoms in total. The van der Waals surface area contributed by atoms with Gasteiger partial charge in [-0.05, 0) is 42.8 Å². The minimum Gasteiger partial charge on any atom is -0.472 e. The van der Waals surface area contributed by atoms with Crippen molar-refractivity contribution in [3.8, 4) is 0 Å². The minimum absolute atomic E-state index is 0.0114. The SMILES string of the molecule is C=C1OC(CNC(C)=O)CN1c1ccc(N2CCC(N=NN=C(N)N)CC2)c(F)c1. The molecule has 2 aliphatic rings. The van der Waals surface area contributed by atoms with Crippen LogP contribution in [0.4, 0.5) is 15.8 Å². The Labute approximate surface area is 174 Å². The van der Waals surface area contributed by atoms with Crippen LogP contribution in [0.2, 0.25) is 0 Å². The fourth-order valence-corrected chi connectivity index (χ4v) is 3.50. The van der Waals surface area contributed by atoms with Gasteiger partial charge >= 0.3 is 0 Å². The maximum absolute atomic E-state index is 14.9. The highest BCUT2D eigenvalue weighted by Gasteiger charge is 2.29. The topological polar surface area (TPSA) is 134 Å². The Morgan fingerprint density at radius 3 is 2.73 bits per heavy atom. The van der Waals surface area contributed by atoms with Crippen molar-refractivity contribution in [2.45, 2.75) is 31.9 Å². The standard InChI is InChI=1S/C19H27FN8O2/c1-12(29)23-10-16-11-28(13(2)30-16)15-3-4-18(17(20)9-15)27-7-5-14(6-8-27)24-26-25-19(21)22/h3-4,9,14,16H,2,5-8,10-11H2,1H3,(H,23,29)(H4,21,22,24,25). The van der Waals surface area contributed by atoms with Gasteiger partial charge in [0.15, 0.2) is 5.88 Å². The van der Waals surface area contributed by atoms with Crippen molar-refractivity contribution in [1.82, 2.24) is 5.32 Å². The molecule has 0 radical (unpaired) electrons. The molecule has 2 saturated heterocycles. The third-order valence-corrected chi connectivity index (χ3v) is 4.99. The summed E-state index contributed by atoms with van der Waals surface area (Å²) >= 11 is 0. The van der Waals surface area contributed by atoms with E-state index in [9.17, 15) is 9.18 Å². The molecule has 1 unspecified atom stereocenters. The van der Waals surface area contributed by atoms with Crippen molar-refractivity contribution in [3.63, 3.8) is 0 Å². The summed E-state index contributed by atoms with van der Waals surface area (Å²) in [6.45, 7) is 7.51. The first-order chi connectivity index (χ1) is 14.3. The Bertz CT molecular complexity index is 847. The van der Waals surface area contributed by atoms with E-state index < -0.39 is 0 Å². The zero-order valence-electron chi connectivity index (χ0n) is 16.9. The van der Waals surface area contributed by atoms with Gasteiger partial charge < -0.3 is 31.3 Å². The van der Waals surface area contributed by atoms with Gasteiger partial charge in [0.05, 0.1) is 24.8 Å². The molecule has 0 spiro atoms. The van der Waals surface area contributed by atoms with Crippen molar-refractivity contribution in [3.05, 3.63) is 36.5 Å². The fourth-order valence-electron chi connectivity index (χ4n) is 3.50. The van der Waals surface area contributed by atoms with E-state index in [-0.39, 0.29) is 29.8 Å². The van der Waals surface area contributed by atoms with Gasteiger partial charge in [-0.15, -0.1) is 0 Å². The van der Waals surface area contributed by atoms with E-state index in [0.29, 0.717) is 43.4 Å². The maximum Gasteiger partial charge on any atom is 0.217 e. The highest BCUT2D eigenvalue weighted by atomic mass is 19.1. The van der Waals surface area contributed by atoms with Crippen molar-refractivity contribution >= 4 is 23.2 Å². The van der Waals surface area contributed by atoms with E-state index in [2.05, 4.69) is 27.3 Å². The molecule has 1 atom stereocenters. The number of guanidine groups is 1. The third-order valence-electron chi connectivity index (χ3n) is 4.99. The molecular formula is C19H27FN8O2. The van der Waals surface area contributed by atoms with Crippen LogP contribution in [-0.2, 0) is 9.53 Å². The maximum atomic E-state index is 14.9. The lowest BCUT2D eigenvalue weighted by Crippen LogP contribution is -2.35. The Morgan fingerprint density at radius 1 is 1.37 bits per heavy atom. The normalized spacial score (nSPS) is 19.8. The van der Waals surface area contributed by atoms with Crippen LogP contribution in [0.25, 0.3) is 0 Å². The number of nitrogens with one attached hydrogen (secondary N) is 1. The molecule has 1 aromatic carbocycles. The average Bonchev–Trinajstić information content (AvgIpc) is 3.07. The number of nitrogens with zero attached hydrogens (tertiary/aromatic N) is 5. The van der Waals surface area contributed by atoms with E-state index in [0.717, 1.165) is 12.8 Å². The molecule has 5 N–H and O–H groups in total. The van der Waals surface area contributed by atoms with Crippen molar-refractivity contribution in [2.75, 3.05) is 36.0 Å². The van der Waals surface area contributed by atoms with Crippen LogP contribution >= 0.6 is 0 Å². The number of piperidine rings is 1. The number of halogens is 1. The first-order valence-corrected chi connectivity index (χ1v) is 9.74. The number of carbonyl (C=O) groups excluding carboxylic acids is 1. The van der Waals surface area contributed by atoms with Gasteiger partial charge in [-0.2, -0.15) is 5.11 Å². The molecule has 2 fully saturated rings. The van der Waals surface area contributed by atoms with E-state index in [4.69, 9.17) is 16.2 Å². The molecule has 0 saturated carbocycles. The number of hydrogen-bond donors (Lipinski definition) is 3. The first-order valence-electron chi connectivity index (χ1n) is 9.74. The van der Waals surface area contributed by atoms with Gasteiger partial charge in [-0.25, -0.2) is 4.39 Å². The Balaban J connectivity index is 1.60. The number of rotatable bonds is 6. The summed E-state index contributed by atoms with van der Waals surface area (Å²) in [5.74, 6) is -0.138. The van der Waals surface area contributed by atoms with Gasteiger partial charge in [0.25, 0.3) is 0 Å². The molecule has 2 aliphatic heterocycles. The fraction of sp³-hybridized carbons (Fsp3) is 0.474. The van der Waals surface area contributed by atoms with Crippen molar-refractivity contribution in [2.24, 2.45) is 26.9 Å². The number of benzene rings is 1. The number of ether oxygens (including phenoxy) is 1. The summed E-state index contributed by atoms with van der Waals surface area (Å²) < 4.78 is 20.5. The highest BCUT2D eigenvalue weighted by molar-refractivity contribution is 5.75. The molecule has 2 heterocycles. The largest absolute Gasteiger partial charge is 0.472 e. The number of carbonyl (C=O) groups is 1. The Hall–Kier alpha value is -3.37. The zero-order valence-corrected chi connectivity index (χ0v) is 16.9. The molecule has 0 aromatic heterocycles. The first kappa shape index (κ1) is 21.3. The van der Waals surface area contributed by atoms with Gasteiger partial charge in [0, 0.05) is 25.7 Å². The van der Waals surface area contributed by atoms with Crippen LogP contribution < -0.4 is 26.6 Å². The van der Waals surface area contributed by atoms with Gasteiger partial charge in [0.1, 0.15) is 11.9 Å². The second-order valence-electron chi connectivity index (χ2n) is 7.27. The van der Waals surface area contributed by atoms with Gasteiger partial charge in [0.2, 0.25) is 11.9 Å². The number of nitrogens with two attached hydrogens (primary N) is 2. The smallest absolute Gasteiger partial charge is 0.217 e. The minimum atomic E-state index is -0.314. The number of anilines is 2. The lowest BCUT2D eigenvalue weighted by Gasteiger charge is -2.32. The number of hydrogen-bond acceptors (Lipinski definition) is 6. The van der Waals surface area contributed by atoms with Crippen LogP contribution in [0.5, 0.6) is 0 Å². The molecule has 1 aromatic rings. The summed E-state index contributed by atoms with van der Waals surface area (Å²) in [5, 5.41) is 13.9. The quantitative estimate of drug-likeness (QED) is 0.275. The lowest BCUT2D eigenvalue weighted by molar-refractivity contribution is -0.119. The van der Waals surface area contributed by atoms with Crippen LogP contribution in [-0.4, -0.2) is 50.2 Å². The van der Waals surface area contributed by atoms with Gasteiger partial charge in [-0.3, -0.25) is 4.79 Å². The molecule has 162 valence electrons. The van der Waals surface area contributed by atoms with Crippen LogP contribution in [0.3, 0.4) is 0 Å². The average molecular weight is 418 g/mol. The second kappa shape index (κ2) is 9.42. The summed E-state index contributed by atoms with van der Waals surface area (Å²) in [7, 11) is 0. The monoisotopic (exact) mass is 418 g/mol. The van der Waals surface area contributed by atoms with E-state index in [1.54, 1.807) is 11.0 Å². The summed E-state index contributed by atoms with van der Waals surface area (Å²) in [6, 6.07) is 5.10. The van der Waals surface area contributed by atoms with E-state index >= 15 is 0 Å². The molecule has 3 rings (SSSR count). The third kappa shape index (κ3) is 5.37. The molecule has 0 aliphatic carbocycles. The summed E-state index contributed by atoms with van der Waals surface area (Å²) in [4.78, 5) is 14.9. The van der Waals surface area contributed by atoms with E-state index in [1.807, 2.05) is 11.0 Å². The number of amides is 1. The highest BCUT2D eigenvalue weighted by Crippen LogP contribution is 2.31. The predicted octanol–water partition coefficient (Wildman–Crippen LogP) is 1.25. The van der Waals surface area contributed by atoms with E-state index in [1.165, 1.54) is 13.0 Å². The molecular weight excluding hydrogens is 391 g/mol. The van der Waals surface area contributed by atoms with Crippen LogP contribution in [0.1, 0.15) is 19.8 Å². The summed E-state index contributed by atoms with van der Waals surface area (Å²) in [6.07, 6.45) is 1.23. The Kier molecular flexibility index (Phi) is 6.70. The Morgan fingerprint density at radius 2 is 2.10 bits per heavy atom. The van der Waals surface area contributed by atoms with Gasteiger partial charge in [-0.1, -0.05) is 5.10 Å². The zero-order chi connectivity index (χ0) is 21.7. The second-order valence-corrected chi connectivity index (χ2v) is 7.27. The molecule has 0 bridgehead atoms.